The van der Waals surface area contributed by atoms with Crippen molar-refractivity contribution in [3.05, 3.63) is 21.7 Å². The number of anilines is 1. The van der Waals surface area contributed by atoms with E-state index in [0.717, 1.165) is 12.8 Å². The minimum absolute atomic E-state index is 0.0803. The van der Waals surface area contributed by atoms with Crippen LogP contribution in [0.15, 0.2) is 10.9 Å². The fourth-order valence-electron chi connectivity index (χ4n) is 2.06. The molecule has 1 aliphatic heterocycles. The van der Waals surface area contributed by atoms with Crippen LogP contribution in [-0.4, -0.2) is 28.3 Å². The largest absolute Gasteiger partial charge is 0.449 e. The van der Waals surface area contributed by atoms with Crippen LogP contribution in [0.2, 0.25) is 5.15 Å². The summed E-state index contributed by atoms with van der Waals surface area (Å²) in [5.74, 6) is 0.444. The van der Waals surface area contributed by atoms with Crippen LogP contribution < -0.4 is 10.6 Å². The molecule has 0 saturated heterocycles. The SMILES string of the molecule is CCCCOC(=O)N1c2cc(Cl)nc(=O)n2CC1C. The lowest BCUT2D eigenvalue weighted by Crippen LogP contribution is -2.36. The highest BCUT2D eigenvalue weighted by Gasteiger charge is 2.33. The number of amides is 1. The quantitative estimate of drug-likeness (QED) is 0.630. The highest BCUT2D eigenvalue weighted by Crippen LogP contribution is 2.26. The van der Waals surface area contributed by atoms with Gasteiger partial charge in [-0.05, 0) is 13.3 Å². The summed E-state index contributed by atoms with van der Waals surface area (Å²) in [4.78, 5) is 28.8. The van der Waals surface area contributed by atoms with Gasteiger partial charge in [0.15, 0.2) is 0 Å². The van der Waals surface area contributed by atoms with Crippen LogP contribution in [0.25, 0.3) is 0 Å². The number of hydrogen-bond acceptors (Lipinski definition) is 4. The van der Waals surface area contributed by atoms with Crippen molar-refractivity contribution in [2.45, 2.75) is 39.3 Å². The summed E-state index contributed by atoms with van der Waals surface area (Å²) < 4.78 is 6.61. The topological polar surface area (TPSA) is 64.4 Å². The van der Waals surface area contributed by atoms with E-state index in [0.29, 0.717) is 19.0 Å². The molecular formula is C12H16ClN3O3. The molecule has 6 nitrogen and oxygen atoms in total. The maximum Gasteiger partial charge on any atom is 0.415 e. The molecule has 0 spiro atoms. The summed E-state index contributed by atoms with van der Waals surface area (Å²) in [5.41, 5.74) is -0.446. The summed E-state index contributed by atoms with van der Waals surface area (Å²) in [6.45, 7) is 4.65. The Kier molecular flexibility index (Phi) is 4.09. The third kappa shape index (κ3) is 2.73. The van der Waals surface area contributed by atoms with E-state index in [-0.39, 0.29) is 11.2 Å². The molecule has 2 rings (SSSR count). The van der Waals surface area contributed by atoms with Crippen molar-refractivity contribution in [3.63, 3.8) is 0 Å². The summed E-state index contributed by atoms with van der Waals surface area (Å²) in [5, 5.41) is 0.0803. The molecule has 0 bridgehead atoms. The number of unbranched alkanes of at least 4 members (excludes halogenated alkanes) is 1. The predicted molar refractivity (Wildman–Crippen MR) is 71.7 cm³/mol. The minimum Gasteiger partial charge on any atom is -0.449 e. The molecule has 0 saturated carbocycles. The van der Waals surface area contributed by atoms with Gasteiger partial charge in [-0.1, -0.05) is 24.9 Å². The molecule has 104 valence electrons. The van der Waals surface area contributed by atoms with Gasteiger partial charge in [0.1, 0.15) is 11.0 Å². The van der Waals surface area contributed by atoms with Gasteiger partial charge in [-0.3, -0.25) is 9.47 Å². The third-order valence-electron chi connectivity index (χ3n) is 3.01. The number of fused-ring (bicyclic) bond motifs is 1. The molecule has 0 aromatic carbocycles. The Morgan fingerprint density at radius 1 is 1.63 bits per heavy atom. The van der Waals surface area contributed by atoms with E-state index in [2.05, 4.69) is 4.98 Å². The molecule has 0 aliphatic carbocycles. The highest BCUT2D eigenvalue weighted by atomic mass is 35.5. The molecule has 2 heterocycles. The van der Waals surface area contributed by atoms with E-state index in [1.165, 1.54) is 15.5 Å². The van der Waals surface area contributed by atoms with E-state index in [9.17, 15) is 9.59 Å². The van der Waals surface area contributed by atoms with Crippen LogP contribution in [0.4, 0.5) is 10.6 Å². The predicted octanol–water partition coefficient (Wildman–Crippen LogP) is 2.04. The summed E-state index contributed by atoms with van der Waals surface area (Å²) >= 11 is 5.77. The first-order valence-electron chi connectivity index (χ1n) is 6.28. The number of ether oxygens (including phenoxy) is 1. The summed E-state index contributed by atoms with van der Waals surface area (Å²) in [6, 6.07) is 1.36. The van der Waals surface area contributed by atoms with Crippen LogP contribution in [-0.2, 0) is 11.3 Å². The average molecular weight is 286 g/mol. The fourth-order valence-corrected chi connectivity index (χ4v) is 2.23. The second-order valence-corrected chi connectivity index (χ2v) is 4.90. The number of hydrogen-bond donors (Lipinski definition) is 0. The maximum absolute atomic E-state index is 12.0. The van der Waals surface area contributed by atoms with E-state index in [4.69, 9.17) is 16.3 Å². The lowest BCUT2D eigenvalue weighted by molar-refractivity contribution is 0.150. The zero-order chi connectivity index (χ0) is 14.0. The van der Waals surface area contributed by atoms with Crippen molar-refractivity contribution in [1.82, 2.24) is 9.55 Å². The minimum atomic E-state index is -0.450. The molecule has 1 aromatic heterocycles. The van der Waals surface area contributed by atoms with Crippen molar-refractivity contribution in [1.29, 1.82) is 0 Å². The van der Waals surface area contributed by atoms with Gasteiger partial charge in [0.05, 0.1) is 12.6 Å². The Hall–Kier alpha value is -1.56. The molecule has 7 heteroatoms. The van der Waals surface area contributed by atoms with Gasteiger partial charge in [0.25, 0.3) is 0 Å². The molecule has 1 aliphatic rings. The van der Waals surface area contributed by atoms with Crippen LogP contribution in [0.5, 0.6) is 0 Å². The number of nitrogens with zero attached hydrogens (tertiary/aromatic N) is 3. The summed E-state index contributed by atoms with van der Waals surface area (Å²) in [6.07, 6.45) is 1.32. The first-order valence-corrected chi connectivity index (χ1v) is 6.65. The van der Waals surface area contributed by atoms with E-state index >= 15 is 0 Å². The normalized spacial score (nSPS) is 17.4. The zero-order valence-electron chi connectivity index (χ0n) is 10.9. The number of aromatic nitrogens is 2. The van der Waals surface area contributed by atoms with Gasteiger partial charge >= 0.3 is 11.8 Å². The van der Waals surface area contributed by atoms with Gasteiger partial charge in [-0.25, -0.2) is 9.59 Å². The lowest BCUT2D eigenvalue weighted by atomic mass is 10.3. The first kappa shape index (κ1) is 13.9. The maximum atomic E-state index is 12.0. The smallest absolute Gasteiger partial charge is 0.415 e. The van der Waals surface area contributed by atoms with Crippen molar-refractivity contribution in [3.8, 4) is 0 Å². The molecule has 0 fully saturated rings. The Labute approximate surface area is 115 Å². The zero-order valence-corrected chi connectivity index (χ0v) is 11.7. The van der Waals surface area contributed by atoms with E-state index in [1.54, 1.807) is 0 Å². The standard InChI is InChI=1S/C12H16ClN3O3/c1-3-4-5-19-12(18)16-8(2)7-15-10(16)6-9(13)14-11(15)17/h6,8H,3-5,7H2,1-2H3. The molecular weight excluding hydrogens is 270 g/mol. The Balaban J connectivity index is 2.24. The Morgan fingerprint density at radius 3 is 3.05 bits per heavy atom. The molecule has 1 unspecified atom stereocenters. The van der Waals surface area contributed by atoms with Crippen LogP contribution in [0.1, 0.15) is 26.7 Å². The number of carbonyl (C=O) groups excluding carboxylic acids is 1. The summed E-state index contributed by atoms with van der Waals surface area (Å²) in [7, 11) is 0. The molecule has 1 amide bonds. The van der Waals surface area contributed by atoms with Gasteiger partial charge in [0.2, 0.25) is 0 Å². The third-order valence-corrected chi connectivity index (χ3v) is 3.21. The number of halogens is 1. The molecule has 1 atom stereocenters. The van der Waals surface area contributed by atoms with Gasteiger partial charge < -0.3 is 4.74 Å². The van der Waals surface area contributed by atoms with Crippen LogP contribution in [0, 0.1) is 0 Å². The van der Waals surface area contributed by atoms with Crippen molar-refractivity contribution in [2.75, 3.05) is 11.5 Å². The van der Waals surface area contributed by atoms with Gasteiger partial charge in [0, 0.05) is 12.6 Å². The lowest BCUT2D eigenvalue weighted by Gasteiger charge is -2.20. The molecule has 1 aromatic rings. The van der Waals surface area contributed by atoms with E-state index in [1.807, 2.05) is 13.8 Å². The number of rotatable bonds is 3. The van der Waals surface area contributed by atoms with Gasteiger partial charge in [-0.15, -0.1) is 0 Å². The Bertz CT molecular complexity index is 544. The van der Waals surface area contributed by atoms with Crippen molar-refractivity contribution < 1.29 is 9.53 Å². The molecule has 0 radical (unpaired) electrons. The van der Waals surface area contributed by atoms with Crippen molar-refractivity contribution in [2.24, 2.45) is 0 Å². The van der Waals surface area contributed by atoms with E-state index < -0.39 is 11.8 Å². The average Bonchev–Trinajstić information content (AvgIpc) is 2.66. The number of carbonyl (C=O) groups is 1. The molecule has 19 heavy (non-hydrogen) atoms. The first-order chi connectivity index (χ1) is 9.04. The second kappa shape index (κ2) is 5.61. The Morgan fingerprint density at radius 2 is 2.37 bits per heavy atom. The second-order valence-electron chi connectivity index (χ2n) is 4.52. The van der Waals surface area contributed by atoms with Crippen LogP contribution >= 0.6 is 11.6 Å². The fraction of sp³-hybridized carbons (Fsp3) is 0.583. The molecule has 0 N–H and O–H groups in total. The highest BCUT2D eigenvalue weighted by molar-refractivity contribution is 6.29. The van der Waals surface area contributed by atoms with Gasteiger partial charge in [-0.2, -0.15) is 4.98 Å². The monoisotopic (exact) mass is 285 g/mol. The van der Waals surface area contributed by atoms with Crippen molar-refractivity contribution >= 4 is 23.5 Å². The van der Waals surface area contributed by atoms with Crippen LogP contribution in [0.3, 0.4) is 0 Å².